The van der Waals surface area contributed by atoms with Gasteiger partial charge in [-0.1, -0.05) is 84.4 Å². The highest BCUT2D eigenvalue weighted by atomic mass is 32.2. The van der Waals surface area contributed by atoms with E-state index >= 15 is 0 Å². The van der Waals surface area contributed by atoms with Crippen LogP contribution in [-0.4, -0.2) is 50.0 Å². The van der Waals surface area contributed by atoms with Crippen molar-refractivity contribution in [2.24, 2.45) is 0 Å². The van der Waals surface area contributed by atoms with Crippen LogP contribution in [0.25, 0.3) is 0 Å². The van der Waals surface area contributed by atoms with Gasteiger partial charge in [-0.25, -0.2) is 0 Å². The lowest BCUT2D eigenvalue weighted by molar-refractivity contribution is -0.171. The summed E-state index contributed by atoms with van der Waals surface area (Å²) in [5.74, 6) is -0.639. The zero-order valence-corrected chi connectivity index (χ0v) is 25.8. The number of esters is 1. The van der Waals surface area contributed by atoms with Gasteiger partial charge in [0.25, 0.3) is 15.7 Å². The Morgan fingerprint density at radius 3 is 2.09 bits per heavy atom. The Morgan fingerprint density at radius 1 is 0.844 bits per heavy atom. The quantitative estimate of drug-likeness (QED) is 0.154. The van der Waals surface area contributed by atoms with Gasteiger partial charge in [-0.2, -0.15) is 8.42 Å². The molecule has 0 N–H and O–H groups in total. The Hall–Kier alpha value is -4.13. The second-order valence-corrected chi connectivity index (χ2v) is 12.4. The van der Waals surface area contributed by atoms with E-state index in [-0.39, 0.29) is 24.7 Å². The highest BCUT2D eigenvalue weighted by Gasteiger charge is 2.59. The van der Waals surface area contributed by atoms with Crippen molar-refractivity contribution in [2.75, 3.05) is 13.2 Å². The molecule has 1 aliphatic heterocycles. The minimum Gasteiger partial charge on any atom is -0.455 e. The molecule has 3 aromatic carbocycles. The fraction of sp³-hybridized carbons (Fsp3) is 0.294. The fourth-order valence-corrected chi connectivity index (χ4v) is 6.11. The molecule has 45 heavy (non-hydrogen) atoms. The lowest BCUT2D eigenvalue weighted by Gasteiger charge is -2.34. The maximum Gasteiger partial charge on any atom is 0.303 e. The molecule has 1 aromatic heterocycles. The lowest BCUT2D eigenvalue weighted by atomic mass is 9.96. The zero-order valence-electron chi connectivity index (χ0n) is 25.0. The van der Waals surface area contributed by atoms with Gasteiger partial charge in [-0.05, 0) is 36.2 Å². The highest BCUT2D eigenvalue weighted by Crippen LogP contribution is 2.42. The van der Waals surface area contributed by atoms with Gasteiger partial charge in [0.2, 0.25) is 0 Å². The van der Waals surface area contributed by atoms with E-state index in [1.807, 2.05) is 67.6 Å². The van der Waals surface area contributed by atoms with Gasteiger partial charge < -0.3 is 18.9 Å². The summed E-state index contributed by atoms with van der Waals surface area (Å²) in [7, 11) is -4.27. The van der Waals surface area contributed by atoms with E-state index in [2.05, 4.69) is 0 Å². The van der Waals surface area contributed by atoms with E-state index in [0.717, 1.165) is 16.7 Å². The van der Waals surface area contributed by atoms with Crippen molar-refractivity contribution in [3.8, 4) is 0 Å². The van der Waals surface area contributed by atoms with E-state index in [0.29, 0.717) is 0 Å². The molecule has 0 aliphatic carbocycles. The fourth-order valence-electron chi connectivity index (χ4n) is 5.15. The third-order valence-corrected chi connectivity index (χ3v) is 8.66. The Morgan fingerprint density at radius 2 is 1.47 bits per heavy atom. The summed E-state index contributed by atoms with van der Waals surface area (Å²) in [6.07, 6.45) is -1.97. The van der Waals surface area contributed by atoms with Gasteiger partial charge in [0.1, 0.15) is 18.3 Å². The van der Waals surface area contributed by atoms with Gasteiger partial charge in [-0.3, -0.25) is 18.3 Å². The van der Waals surface area contributed by atoms with Crippen molar-refractivity contribution in [1.82, 2.24) is 4.57 Å². The van der Waals surface area contributed by atoms with Gasteiger partial charge in [0.15, 0.2) is 12.3 Å². The third kappa shape index (κ3) is 7.94. The molecular formula is C34H35NO9S. The predicted octanol–water partition coefficient (Wildman–Crippen LogP) is 4.56. The largest absolute Gasteiger partial charge is 0.455 e. The molecule has 2 heterocycles. The van der Waals surface area contributed by atoms with Crippen LogP contribution in [0.15, 0.2) is 119 Å². The number of hydrogen-bond donors (Lipinski definition) is 0. The van der Waals surface area contributed by atoms with Crippen molar-refractivity contribution >= 4 is 16.1 Å². The molecule has 0 amide bonds. The minimum absolute atomic E-state index is 0.0411. The van der Waals surface area contributed by atoms with Crippen LogP contribution >= 0.6 is 0 Å². The average Bonchev–Trinajstić information content (AvgIpc) is 3.32. The van der Waals surface area contributed by atoms with Gasteiger partial charge in [-0.15, -0.1) is 0 Å². The number of aromatic nitrogens is 1. The van der Waals surface area contributed by atoms with Crippen molar-refractivity contribution in [1.29, 1.82) is 0 Å². The number of carbonyl (C=O) groups is 1. The molecule has 4 atom stereocenters. The Bertz CT molecular complexity index is 1730. The first kappa shape index (κ1) is 32.3. The summed E-state index contributed by atoms with van der Waals surface area (Å²) < 4.78 is 58.6. The summed E-state index contributed by atoms with van der Waals surface area (Å²) in [5, 5.41) is 0. The molecule has 0 spiro atoms. The van der Waals surface area contributed by atoms with Crippen LogP contribution < -0.4 is 5.56 Å². The number of nitrogens with zero attached hydrogens (tertiary/aromatic N) is 1. The standard InChI is InChI=1S/C34H35NO9S/c1-25-16-18-29(19-17-25)45(38,39)42-24-34(23-40-21-27-11-5-3-6-12-27)32(41-22-28-13-7-4-8-14-28)31(43-26(2)36)33(44-34)35-20-10-9-15-30(35)37/h3-20,31-33H,21-24H2,1-2H3/t31-,32?,33+,34-/m0/s1. The molecule has 0 bridgehead atoms. The van der Waals surface area contributed by atoms with Crippen LogP contribution in [-0.2, 0) is 51.3 Å². The second-order valence-electron chi connectivity index (χ2n) is 10.8. The van der Waals surface area contributed by atoms with Crippen LogP contribution in [0, 0.1) is 6.92 Å². The summed E-state index contributed by atoms with van der Waals surface area (Å²) in [4.78, 5) is 25.4. The monoisotopic (exact) mass is 633 g/mol. The zero-order chi connectivity index (χ0) is 31.9. The number of hydrogen-bond acceptors (Lipinski definition) is 9. The van der Waals surface area contributed by atoms with E-state index < -0.39 is 52.3 Å². The number of pyridine rings is 1. The first-order valence-corrected chi connectivity index (χ1v) is 15.8. The molecule has 0 saturated carbocycles. The third-order valence-electron chi connectivity index (χ3n) is 7.38. The lowest BCUT2D eigenvalue weighted by Crippen LogP contribution is -2.53. The van der Waals surface area contributed by atoms with E-state index in [4.69, 9.17) is 23.1 Å². The number of ether oxygens (including phenoxy) is 4. The summed E-state index contributed by atoms with van der Waals surface area (Å²) in [5.41, 5.74) is 0.491. The summed E-state index contributed by atoms with van der Waals surface area (Å²) in [6.45, 7) is 2.53. The van der Waals surface area contributed by atoms with Crippen LogP contribution in [0.1, 0.15) is 29.8 Å². The van der Waals surface area contributed by atoms with E-state index in [1.165, 1.54) is 35.9 Å². The first-order chi connectivity index (χ1) is 21.7. The predicted molar refractivity (Wildman–Crippen MR) is 165 cm³/mol. The van der Waals surface area contributed by atoms with Crippen LogP contribution in [0.2, 0.25) is 0 Å². The van der Waals surface area contributed by atoms with Gasteiger partial charge >= 0.3 is 5.97 Å². The smallest absolute Gasteiger partial charge is 0.303 e. The maximum absolute atomic E-state index is 13.4. The molecule has 10 nitrogen and oxygen atoms in total. The summed E-state index contributed by atoms with van der Waals surface area (Å²) >= 11 is 0. The van der Waals surface area contributed by atoms with E-state index in [9.17, 15) is 18.0 Å². The van der Waals surface area contributed by atoms with Crippen LogP contribution in [0.3, 0.4) is 0 Å². The molecule has 1 unspecified atom stereocenters. The van der Waals surface area contributed by atoms with Crippen LogP contribution in [0.5, 0.6) is 0 Å². The number of aryl methyl sites for hydroxylation is 1. The number of rotatable bonds is 13. The molecular weight excluding hydrogens is 598 g/mol. The Balaban J connectivity index is 1.55. The number of carbonyl (C=O) groups excluding carboxylic acids is 1. The topological polar surface area (TPSA) is 119 Å². The van der Waals surface area contributed by atoms with Crippen LogP contribution in [0.4, 0.5) is 0 Å². The molecule has 1 saturated heterocycles. The minimum atomic E-state index is -4.27. The molecule has 4 aromatic rings. The molecule has 5 rings (SSSR count). The van der Waals surface area contributed by atoms with Crippen molar-refractivity contribution < 1.29 is 36.3 Å². The Kier molecular flexibility index (Phi) is 10.3. The van der Waals surface area contributed by atoms with Crippen molar-refractivity contribution in [3.63, 3.8) is 0 Å². The average molecular weight is 634 g/mol. The highest BCUT2D eigenvalue weighted by molar-refractivity contribution is 7.86. The first-order valence-electron chi connectivity index (χ1n) is 14.4. The Labute approximate surface area is 262 Å². The summed E-state index contributed by atoms with van der Waals surface area (Å²) in [6, 6.07) is 29.5. The molecule has 1 aliphatic rings. The van der Waals surface area contributed by atoms with Gasteiger partial charge in [0, 0.05) is 19.2 Å². The normalized spacial score (nSPS) is 21.4. The van der Waals surface area contributed by atoms with Gasteiger partial charge in [0.05, 0.1) is 24.7 Å². The molecule has 1 fully saturated rings. The van der Waals surface area contributed by atoms with Crippen molar-refractivity contribution in [2.45, 2.75) is 56.0 Å². The second kappa shape index (κ2) is 14.3. The maximum atomic E-state index is 13.4. The van der Waals surface area contributed by atoms with Crippen molar-refractivity contribution in [3.05, 3.63) is 136 Å². The molecule has 11 heteroatoms. The number of benzene rings is 3. The SMILES string of the molecule is CC(=O)O[C@H]1C(OCc2ccccc2)[C@](COCc2ccccc2)(COS(=O)(=O)c2ccc(C)cc2)O[C@H]1n1ccccc1=O. The molecule has 236 valence electrons. The molecule has 0 radical (unpaired) electrons. The van der Waals surface area contributed by atoms with E-state index in [1.54, 1.807) is 24.3 Å².